The van der Waals surface area contributed by atoms with Gasteiger partial charge in [0.2, 0.25) is 5.91 Å². The predicted molar refractivity (Wildman–Crippen MR) is 112 cm³/mol. The van der Waals surface area contributed by atoms with Gasteiger partial charge in [0.05, 0.1) is 25.8 Å². The molecule has 5 rings (SSSR count). The van der Waals surface area contributed by atoms with Crippen molar-refractivity contribution in [2.45, 2.75) is 51.4 Å². The highest BCUT2D eigenvalue weighted by Crippen LogP contribution is 2.37. The number of amides is 1. The number of aliphatic hydroxyl groups is 1. The van der Waals surface area contributed by atoms with Crippen molar-refractivity contribution in [3.05, 3.63) is 41.7 Å². The minimum Gasteiger partial charge on any atom is -0.496 e. The molecular weight excluding hydrogens is 382 g/mol. The van der Waals surface area contributed by atoms with Crippen LogP contribution in [-0.2, 0) is 23.5 Å². The molecule has 0 radical (unpaired) electrons. The normalized spacial score (nSPS) is 25.9. The number of nitrogens with one attached hydrogen (secondary N) is 1. The van der Waals surface area contributed by atoms with Crippen molar-refractivity contribution in [1.29, 1.82) is 0 Å². The Morgan fingerprint density at radius 2 is 2.17 bits per heavy atom. The van der Waals surface area contributed by atoms with Crippen LogP contribution in [0, 0.1) is 11.8 Å². The molecule has 4 atom stereocenters. The summed E-state index contributed by atoms with van der Waals surface area (Å²) in [6.07, 6.45) is 3.85. The van der Waals surface area contributed by atoms with E-state index in [2.05, 4.69) is 20.5 Å². The van der Waals surface area contributed by atoms with Gasteiger partial charge in [0.25, 0.3) is 0 Å². The van der Waals surface area contributed by atoms with Crippen LogP contribution in [0.5, 0.6) is 5.75 Å². The predicted octanol–water partition coefficient (Wildman–Crippen LogP) is 1.54. The maximum atomic E-state index is 12.9. The van der Waals surface area contributed by atoms with E-state index in [-0.39, 0.29) is 11.8 Å². The number of ether oxygens (including phenoxy) is 1. The summed E-state index contributed by atoms with van der Waals surface area (Å²) in [6.45, 7) is 6.42. The zero-order valence-electron chi connectivity index (χ0n) is 17.9. The number of rotatable bonds is 7. The molecule has 2 unspecified atom stereocenters. The van der Waals surface area contributed by atoms with Gasteiger partial charge in [-0.3, -0.25) is 14.4 Å². The molecule has 2 N–H and O–H groups in total. The van der Waals surface area contributed by atoms with Crippen LogP contribution in [0.1, 0.15) is 37.9 Å². The molecule has 3 aliphatic rings. The number of benzene rings is 1. The fraction of sp³-hybridized carbons (Fsp3) is 0.591. The standard InChI is InChI=1S/C22H31N5O3/c1-22(2,29)20-14-27(25-24-20)12-17-10-15-8-9-26(17)13-18(15)21(28)23-11-16-6-4-5-7-19(16)30-3/h4-7,14-15,17-18,29H,8-13H2,1-3H3,(H,23,28)/t15?,17-,18+/m1/s1. The van der Waals surface area contributed by atoms with Gasteiger partial charge >= 0.3 is 0 Å². The lowest BCUT2D eigenvalue weighted by Crippen LogP contribution is -2.58. The number of carbonyl (C=O) groups is 1. The van der Waals surface area contributed by atoms with Crippen LogP contribution < -0.4 is 10.1 Å². The van der Waals surface area contributed by atoms with Crippen LogP contribution in [0.25, 0.3) is 0 Å². The molecule has 8 nitrogen and oxygen atoms in total. The van der Waals surface area contributed by atoms with E-state index < -0.39 is 5.60 Å². The molecule has 4 heterocycles. The molecule has 162 valence electrons. The number of fused-ring (bicyclic) bond motifs is 3. The van der Waals surface area contributed by atoms with Gasteiger partial charge in [0, 0.05) is 24.7 Å². The van der Waals surface area contributed by atoms with Gasteiger partial charge in [0.15, 0.2) is 0 Å². The Morgan fingerprint density at radius 3 is 2.83 bits per heavy atom. The van der Waals surface area contributed by atoms with Gasteiger partial charge in [-0.15, -0.1) is 5.10 Å². The molecule has 1 amide bonds. The molecule has 30 heavy (non-hydrogen) atoms. The Morgan fingerprint density at radius 1 is 1.37 bits per heavy atom. The maximum Gasteiger partial charge on any atom is 0.224 e. The van der Waals surface area contributed by atoms with Crippen molar-refractivity contribution in [2.75, 3.05) is 20.2 Å². The quantitative estimate of drug-likeness (QED) is 0.715. The van der Waals surface area contributed by atoms with Crippen molar-refractivity contribution < 1.29 is 14.6 Å². The van der Waals surface area contributed by atoms with E-state index in [0.717, 1.165) is 43.8 Å². The van der Waals surface area contributed by atoms with Gasteiger partial charge in [-0.25, -0.2) is 0 Å². The number of para-hydroxylation sites is 1. The molecule has 0 saturated carbocycles. The van der Waals surface area contributed by atoms with E-state index in [1.54, 1.807) is 21.0 Å². The number of hydrogen-bond acceptors (Lipinski definition) is 6. The second-order valence-corrected chi connectivity index (χ2v) is 8.95. The average molecular weight is 414 g/mol. The van der Waals surface area contributed by atoms with Crippen molar-refractivity contribution >= 4 is 5.91 Å². The number of carbonyl (C=O) groups excluding carboxylic acids is 1. The first-order chi connectivity index (χ1) is 14.3. The highest BCUT2D eigenvalue weighted by atomic mass is 16.5. The van der Waals surface area contributed by atoms with E-state index in [1.807, 2.05) is 35.1 Å². The molecule has 1 aromatic carbocycles. The number of aromatic nitrogens is 3. The highest BCUT2D eigenvalue weighted by molar-refractivity contribution is 5.79. The van der Waals surface area contributed by atoms with Crippen molar-refractivity contribution in [2.24, 2.45) is 11.8 Å². The average Bonchev–Trinajstić information content (AvgIpc) is 3.22. The van der Waals surface area contributed by atoms with E-state index in [4.69, 9.17) is 4.74 Å². The van der Waals surface area contributed by atoms with Crippen LogP contribution in [0.3, 0.4) is 0 Å². The second kappa shape index (κ2) is 8.35. The Balaban J connectivity index is 1.34. The van der Waals surface area contributed by atoms with Gasteiger partial charge in [-0.2, -0.15) is 0 Å². The largest absolute Gasteiger partial charge is 0.496 e. The SMILES string of the molecule is COc1ccccc1CNC(=O)[C@H]1CN2CCC1C[C@@H]2Cn1cc(C(C)(C)O)nn1. The Hall–Kier alpha value is -2.45. The fourth-order valence-corrected chi connectivity index (χ4v) is 4.67. The van der Waals surface area contributed by atoms with Crippen molar-refractivity contribution in [3.8, 4) is 5.75 Å². The van der Waals surface area contributed by atoms with Gasteiger partial charge < -0.3 is 15.2 Å². The number of piperidine rings is 3. The molecule has 3 fully saturated rings. The molecule has 3 aliphatic heterocycles. The van der Waals surface area contributed by atoms with E-state index in [1.165, 1.54) is 0 Å². The third-order valence-electron chi connectivity index (χ3n) is 6.42. The van der Waals surface area contributed by atoms with Crippen LogP contribution in [0.4, 0.5) is 0 Å². The first-order valence-corrected chi connectivity index (χ1v) is 10.6. The summed E-state index contributed by atoms with van der Waals surface area (Å²) in [5.74, 6) is 1.33. The molecule has 1 aromatic heterocycles. The summed E-state index contributed by atoms with van der Waals surface area (Å²) in [5, 5.41) is 21.5. The number of hydrogen-bond donors (Lipinski definition) is 2. The molecule has 8 heteroatoms. The molecule has 3 saturated heterocycles. The van der Waals surface area contributed by atoms with E-state index >= 15 is 0 Å². The summed E-state index contributed by atoms with van der Waals surface area (Å²) >= 11 is 0. The van der Waals surface area contributed by atoms with Gasteiger partial charge in [-0.1, -0.05) is 23.4 Å². The molecule has 2 aromatic rings. The monoisotopic (exact) mass is 413 g/mol. The van der Waals surface area contributed by atoms with Gasteiger partial charge in [0.1, 0.15) is 17.0 Å². The number of nitrogens with zero attached hydrogens (tertiary/aromatic N) is 4. The van der Waals surface area contributed by atoms with Crippen LogP contribution in [0.2, 0.25) is 0 Å². The summed E-state index contributed by atoms with van der Waals surface area (Å²) < 4.78 is 7.19. The highest BCUT2D eigenvalue weighted by Gasteiger charge is 2.43. The lowest BCUT2D eigenvalue weighted by Gasteiger charge is -2.49. The third-order valence-corrected chi connectivity index (χ3v) is 6.42. The molecule has 0 spiro atoms. The first kappa shape index (κ1) is 20.8. The minimum atomic E-state index is -0.991. The zero-order chi connectivity index (χ0) is 21.3. The lowest BCUT2D eigenvalue weighted by molar-refractivity contribution is -0.133. The first-order valence-electron chi connectivity index (χ1n) is 10.6. The second-order valence-electron chi connectivity index (χ2n) is 8.95. The Labute approximate surface area is 177 Å². The summed E-state index contributed by atoms with van der Waals surface area (Å²) in [4.78, 5) is 15.3. The summed E-state index contributed by atoms with van der Waals surface area (Å²) in [7, 11) is 1.65. The molecular formula is C22H31N5O3. The fourth-order valence-electron chi connectivity index (χ4n) is 4.67. The molecule has 0 aliphatic carbocycles. The van der Waals surface area contributed by atoms with Crippen molar-refractivity contribution in [3.63, 3.8) is 0 Å². The summed E-state index contributed by atoms with van der Waals surface area (Å²) in [6, 6.07) is 8.12. The van der Waals surface area contributed by atoms with Crippen LogP contribution >= 0.6 is 0 Å². The summed E-state index contributed by atoms with van der Waals surface area (Å²) in [5.41, 5.74) is 0.572. The van der Waals surface area contributed by atoms with E-state index in [9.17, 15) is 9.90 Å². The zero-order valence-corrected chi connectivity index (χ0v) is 17.9. The van der Waals surface area contributed by atoms with Crippen LogP contribution in [-0.4, -0.2) is 57.1 Å². The topological polar surface area (TPSA) is 92.5 Å². The van der Waals surface area contributed by atoms with Crippen LogP contribution in [0.15, 0.2) is 30.5 Å². The van der Waals surface area contributed by atoms with Crippen molar-refractivity contribution in [1.82, 2.24) is 25.2 Å². The lowest BCUT2D eigenvalue weighted by atomic mass is 9.75. The maximum absolute atomic E-state index is 12.9. The van der Waals surface area contributed by atoms with E-state index in [0.29, 0.717) is 24.2 Å². The van der Waals surface area contributed by atoms with Gasteiger partial charge in [-0.05, 0) is 45.2 Å². The minimum absolute atomic E-state index is 0.0207. The molecule has 2 bridgehead atoms. The number of methoxy groups -OCH3 is 1. The smallest absolute Gasteiger partial charge is 0.224 e. The Bertz CT molecular complexity index is 891. The third kappa shape index (κ3) is 4.34. The Kier molecular flexibility index (Phi) is 5.79.